The molecule has 188 valence electrons. The lowest BCUT2D eigenvalue weighted by Gasteiger charge is -2.23. The molecule has 0 spiro atoms. The summed E-state index contributed by atoms with van der Waals surface area (Å²) in [4.78, 5) is 12.9. The fourth-order valence-electron chi connectivity index (χ4n) is 4.23. The Morgan fingerprint density at radius 1 is 1.08 bits per heavy atom. The summed E-state index contributed by atoms with van der Waals surface area (Å²) in [6, 6.07) is 14.1. The zero-order valence-corrected chi connectivity index (χ0v) is 20.7. The molecule has 5 rings (SSSR count). The summed E-state index contributed by atoms with van der Waals surface area (Å²) in [7, 11) is 0. The Hall–Kier alpha value is -4.00. The van der Waals surface area contributed by atoms with E-state index < -0.39 is 11.2 Å². The number of hydrogen-bond donors (Lipinski definition) is 1. The molecule has 1 aliphatic rings. The van der Waals surface area contributed by atoms with Gasteiger partial charge in [0, 0.05) is 49.2 Å². The van der Waals surface area contributed by atoms with E-state index in [0.29, 0.717) is 28.9 Å². The molecule has 0 bridgehead atoms. The van der Waals surface area contributed by atoms with Gasteiger partial charge in [-0.25, -0.2) is 9.37 Å². The normalized spacial score (nSPS) is 14.4. The van der Waals surface area contributed by atoms with Crippen LogP contribution in [-0.4, -0.2) is 39.4 Å². The van der Waals surface area contributed by atoms with Crippen LogP contribution in [0.2, 0.25) is 0 Å². The first-order valence-electron chi connectivity index (χ1n) is 12.2. The smallest absolute Gasteiger partial charge is 0.187 e. The van der Waals surface area contributed by atoms with Crippen molar-refractivity contribution < 1.29 is 13.7 Å². The highest BCUT2D eigenvalue weighted by molar-refractivity contribution is 5.67. The first-order valence-corrected chi connectivity index (χ1v) is 12.2. The van der Waals surface area contributed by atoms with Crippen LogP contribution in [0.4, 0.5) is 4.39 Å². The van der Waals surface area contributed by atoms with Crippen LogP contribution < -0.4 is 5.32 Å². The lowest BCUT2D eigenvalue weighted by Crippen LogP contribution is -2.34. The first kappa shape index (κ1) is 24.7. The molecule has 1 N–H and O–H groups in total. The van der Waals surface area contributed by atoms with Crippen LogP contribution in [0.1, 0.15) is 37.9 Å². The van der Waals surface area contributed by atoms with E-state index in [1.165, 1.54) is 30.2 Å². The largest absolute Gasteiger partial charge is 0.381 e. The molecule has 0 amide bonds. The van der Waals surface area contributed by atoms with Gasteiger partial charge in [-0.1, -0.05) is 29.4 Å². The van der Waals surface area contributed by atoms with Crippen LogP contribution >= 0.6 is 0 Å². The number of halogens is 1. The quantitative estimate of drug-likeness (QED) is 0.376. The Bertz CT molecular complexity index is 1420. The zero-order chi connectivity index (χ0) is 25.8. The van der Waals surface area contributed by atoms with Gasteiger partial charge in [-0.2, -0.15) is 5.26 Å². The van der Waals surface area contributed by atoms with E-state index in [2.05, 4.69) is 43.6 Å². The van der Waals surface area contributed by atoms with Gasteiger partial charge >= 0.3 is 0 Å². The molecule has 4 heterocycles. The van der Waals surface area contributed by atoms with Gasteiger partial charge in [-0.15, -0.1) is 0 Å². The molecule has 0 radical (unpaired) electrons. The molecule has 1 fully saturated rings. The minimum absolute atomic E-state index is 0.0630. The minimum Gasteiger partial charge on any atom is -0.381 e. The second-order valence-corrected chi connectivity index (χ2v) is 9.59. The number of hydrogen-bond acceptors (Lipinski definition) is 8. The second kappa shape index (κ2) is 10.5. The van der Waals surface area contributed by atoms with Crippen molar-refractivity contribution in [2.75, 3.05) is 13.2 Å². The number of nitrogens with zero attached hydrogens (tertiary/aromatic N) is 5. The number of aromatic nitrogens is 4. The third kappa shape index (κ3) is 5.40. The highest BCUT2D eigenvalue weighted by atomic mass is 19.1. The van der Waals surface area contributed by atoms with E-state index in [4.69, 9.17) is 9.26 Å². The standard InChI is InChI=1S/C28H27FN6O2/c1-28(2,17-30)27-26(29)21(7-10-32-27)23-15-31-16-24(34-23)25-13-22(35-37-25)19-5-3-18(4-6-19)14-33-20-8-11-36-12-9-20/h3-7,10,13,15-16,20,33H,8-9,11-12,14H2,1-2H3. The molecule has 0 atom stereocenters. The summed E-state index contributed by atoms with van der Waals surface area (Å²) in [5.74, 6) is -0.174. The Kier molecular flexibility index (Phi) is 7.04. The molecule has 8 nitrogen and oxygen atoms in total. The Labute approximate surface area is 214 Å². The van der Waals surface area contributed by atoms with Crippen molar-refractivity contribution in [3.63, 3.8) is 0 Å². The van der Waals surface area contributed by atoms with E-state index in [1.54, 1.807) is 19.9 Å². The molecule has 9 heteroatoms. The van der Waals surface area contributed by atoms with E-state index in [1.807, 2.05) is 12.1 Å². The van der Waals surface area contributed by atoms with E-state index in [-0.39, 0.29) is 11.3 Å². The van der Waals surface area contributed by atoms with Crippen LogP contribution in [0.3, 0.4) is 0 Å². The summed E-state index contributed by atoms with van der Waals surface area (Å²) in [5.41, 5.74) is 2.70. The van der Waals surface area contributed by atoms with E-state index in [9.17, 15) is 5.26 Å². The lowest BCUT2D eigenvalue weighted by molar-refractivity contribution is 0.0776. The molecule has 1 aliphatic heterocycles. The molecular formula is C28H27FN6O2. The molecule has 37 heavy (non-hydrogen) atoms. The third-order valence-corrected chi connectivity index (χ3v) is 6.50. The molecule has 1 aromatic carbocycles. The Morgan fingerprint density at radius 3 is 2.59 bits per heavy atom. The maximum atomic E-state index is 15.3. The zero-order valence-electron chi connectivity index (χ0n) is 20.7. The highest BCUT2D eigenvalue weighted by Crippen LogP contribution is 2.31. The summed E-state index contributed by atoms with van der Waals surface area (Å²) in [6.45, 7) is 5.67. The van der Waals surface area contributed by atoms with Gasteiger partial charge in [-0.3, -0.25) is 9.97 Å². The van der Waals surface area contributed by atoms with Crippen LogP contribution in [0.5, 0.6) is 0 Å². The predicted molar refractivity (Wildman–Crippen MR) is 135 cm³/mol. The van der Waals surface area contributed by atoms with Crippen molar-refractivity contribution in [1.29, 1.82) is 5.26 Å². The van der Waals surface area contributed by atoms with Crippen molar-refractivity contribution in [1.82, 2.24) is 25.4 Å². The van der Waals surface area contributed by atoms with Crippen LogP contribution in [0.15, 0.2) is 59.5 Å². The van der Waals surface area contributed by atoms with Crippen LogP contribution in [0.25, 0.3) is 34.0 Å². The number of rotatable bonds is 7. The number of nitriles is 1. The van der Waals surface area contributed by atoms with Crippen LogP contribution in [0, 0.1) is 17.1 Å². The van der Waals surface area contributed by atoms with Gasteiger partial charge in [-0.05, 0) is 38.3 Å². The predicted octanol–water partition coefficient (Wildman–Crippen LogP) is 5.07. The lowest BCUT2D eigenvalue weighted by atomic mass is 9.89. The van der Waals surface area contributed by atoms with Gasteiger partial charge in [0.25, 0.3) is 0 Å². The van der Waals surface area contributed by atoms with E-state index >= 15 is 4.39 Å². The van der Waals surface area contributed by atoms with Crippen molar-refractivity contribution >= 4 is 0 Å². The SMILES string of the molecule is CC(C)(C#N)c1nccc(-c2cncc(-c3cc(-c4ccc(CNC5CCOCC5)cc4)no3)n2)c1F. The van der Waals surface area contributed by atoms with Crippen molar-refractivity contribution in [2.45, 2.75) is 44.7 Å². The Balaban J connectivity index is 1.33. The van der Waals surface area contributed by atoms with Gasteiger partial charge in [0.15, 0.2) is 11.6 Å². The van der Waals surface area contributed by atoms with E-state index in [0.717, 1.165) is 38.2 Å². The van der Waals surface area contributed by atoms with Crippen molar-refractivity contribution in [2.24, 2.45) is 0 Å². The molecule has 0 saturated carbocycles. The van der Waals surface area contributed by atoms with Crippen molar-refractivity contribution in [3.8, 4) is 40.0 Å². The molecule has 0 unspecified atom stereocenters. The number of benzene rings is 1. The van der Waals surface area contributed by atoms with Gasteiger partial charge in [0.1, 0.15) is 11.4 Å². The average Bonchev–Trinajstić information content (AvgIpc) is 3.43. The number of pyridine rings is 1. The van der Waals surface area contributed by atoms with Gasteiger partial charge < -0.3 is 14.6 Å². The van der Waals surface area contributed by atoms with Gasteiger partial charge in [0.05, 0.1) is 35.3 Å². The fourth-order valence-corrected chi connectivity index (χ4v) is 4.23. The summed E-state index contributed by atoms with van der Waals surface area (Å²) >= 11 is 0. The van der Waals surface area contributed by atoms with Crippen molar-refractivity contribution in [3.05, 3.63) is 72.1 Å². The van der Waals surface area contributed by atoms with Gasteiger partial charge in [0.2, 0.25) is 0 Å². The molecule has 1 saturated heterocycles. The highest BCUT2D eigenvalue weighted by Gasteiger charge is 2.28. The minimum atomic E-state index is -1.08. The number of nitrogens with one attached hydrogen (secondary N) is 1. The Morgan fingerprint density at radius 2 is 1.84 bits per heavy atom. The second-order valence-electron chi connectivity index (χ2n) is 9.59. The summed E-state index contributed by atoms with van der Waals surface area (Å²) in [5, 5.41) is 17.2. The summed E-state index contributed by atoms with van der Waals surface area (Å²) in [6.07, 6.45) is 6.55. The molecule has 3 aromatic heterocycles. The van der Waals surface area contributed by atoms with Crippen LogP contribution in [-0.2, 0) is 16.7 Å². The first-order chi connectivity index (χ1) is 17.9. The maximum absolute atomic E-state index is 15.3. The number of ether oxygens (including phenoxy) is 1. The topological polar surface area (TPSA) is 110 Å². The average molecular weight is 499 g/mol. The fraction of sp³-hybridized carbons (Fsp3) is 0.321. The maximum Gasteiger partial charge on any atom is 0.187 e. The third-order valence-electron chi connectivity index (χ3n) is 6.50. The molecular weight excluding hydrogens is 471 g/mol. The monoisotopic (exact) mass is 498 g/mol. The molecule has 0 aliphatic carbocycles. The molecule has 4 aromatic rings. The summed E-state index contributed by atoms with van der Waals surface area (Å²) < 4.78 is 26.2.